The molecule has 1 atom stereocenters. The van der Waals surface area contributed by atoms with Crippen molar-refractivity contribution in [3.05, 3.63) is 64.2 Å². The second-order valence-corrected chi connectivity index (χ2v) is 8.77. The molecule has 1 aliphatic heterocycles. The number of hydrogen-bond donors (Lipinski definition) is 1. The smallest absolute Gasteiger partial charge is 0.227 e. The summed E-state index contributed by atoms with van der Waals surface area (Å²) in [6.07, 6.45) is 3.99. The van der Waals surface area contributed by atoms with E-state index in [4.69, 9.17) is 16.3 Å². The van der Waals surface area contributed by atoms with E-state index in [1.54, 1.807) is 0 Å². The molecule has 2 aromatic rings. The van der Waals surface area contributed by atoms with E-state index in [9.17, 15) is 9.59 Å². The van der Waals surface area contributed by atoms with E-state index in [1.807, 2.05) is 39.0 Å². The van der Waals surface area contributed by atoms with Crippen LogP contribution < -0.4 is 10.1 Å². The zero-order valence-electron chi connectivity index (χ0n) is 20.6. The van der Waals surface area contributed by atoms with Gasteiger partial charge in [0.1, 0.15) is 12.0 Å². The third-order valence-corrected chi connectivity index (χ3v) is 6.63. The van der Waals surface area contributed by atoms with Gasteiger partial charge in [0.25, 0.3) is 0 Å². The van der Waals surface area contributed by atoms with E-state index in [0.29, 0.717) is 24.6 Å². The largest absolute Gasteiger partial charge is 0.494 e. The van der Waals surface area contributed by atoms with Crippen molar-refractivity contribution in [1.29, 1.82) is 0 Å². The molecule has 0 spiro atoms. The van der Waals surface area contributed by atoms with E-state index in [-0.39, 0.29) is 17.9 Å². The number of benzene rings is 2. The Hall–Kier alpha value is -2.79. The molecule has 1 aliphatic carbocycles. The van der Waals surface area contributed by atoms with Crippen LogP contribution in [0.5, 0.6) is 5.75 Å². The Kier molecular flexibility index (Phi) is 8.78. The fraction of sp³-hybridized carbons (Fsp3) is 0.429. The minimum Gasteiger partial charge on any atom is -0.494 e. The minimum atomic E-state index is -0.208. The molecule has 1 unspecified atom stereocenters. The Morgan fingerprint density at radius 1 is 1.26 bits per heavy atom. The van der Waals surface area contributed by atoms with E-state index < -0.39 is 0 Å². The van der Waals surface area contributed by atoms with Gasteiger partial charge in [0.05, 0.1) is 18.3 Å². The fourth-order valence-electron chi connectivity index (χ4n) is 4.39. The van der Waals surface area contributed by atoms with E-state index in [0.717, 1.165) is 64.9 Å². The van der Waals surface area contributed by atoms with Crippen LogP contribution in [0.15, 0.2) is 36.9 Å². The Balaban J connectivity index is 0.00000158. The Morgan fingerprint density at radius 2 is 2.00 bits per heavy atom. The van der Waals surface area contributed by atoms with Crippen LogP contribution in [0.4, 0.5) is 5.69 Å². The lowest BCUT2D eigenvalue weighted by molar-refractivity contribution is -0.117. The van der Waals surface area contributed by atoms with Crippen molar-refractivity contribution in [2.24, 2.45) is 5.92 Å². The summed E-state index contributed by atoms with van der Waals surface area (Å²) in [4.78, 5) is 26.2. The van der Waals surface area contributed by atoms with Gasteiger partial charge in [-0.15, -0.1) is 0 Å². The van der Waals surface area contributed by atoms with Crippen molar-refractivity contribution in [3.8, 4) is 5.75 Å². The van der Waals surface area contributed by atoms with Crippen molar-refractivity contribution < 1.29 is 14.3 Å². The molecule has 6 heteroatoms. The summed E-state index contributed by atoms with van der Waals surface area (Å²) in [7, 11) is 0. The number of halogens is 1. The van der Waals surface area contributed by atoms with Crippen LogP contribution in [-0.4, -0.2) is 23.7 Å². The highest BCUT2D eigenvalue weighted by Crippen LogP contribution is 2.46. The number of carbonyl (C=O) groups is 2. The molecular weight excluding hydrogens is 448 g/mol. The van der Waals surface area contributed by atoms with Crippen LogP contribution >= 0.6 is 11.6 Å². The van der Waals surface area contributed by atoms with Gasteiger partial charge < -0.3 is 19.7 Å². The molecule has 1 heterocycles. The van der Waals surface area contributed by atoms with Gasteiger partial charge in [-0.25, -0.2) is 0 Å². The van der Waals surface area contributed by atoms with Crippen LogP contribution in [0.1, 0.15) is 75.3 Å². The monoisotopic (exact) mass is 482 g/mol. The number of aryl methyl sites for hydroxylation is 1. The molecular formula is C28H35ClN2O3. The van der Waals surface area contributed by atoms with Crippen molar-refractivity contribution in [2.45, 2.75) is 66.0 Å². The molecule has 2 aliphatic rings. The molecule has 0 saturated heterocycles. The van der Waals surface area contributed by atoms with Gasteiger partial charge in [-0.3, -0.25) is 4.79 Å². The van der Waals surface area contributed by atoms with Gasteiger partial charge in [0.15, 0.2) is 0 Å². The molecule has 5 nitrogen and oxygen atoms in total. The summed E-state index contributed by atoms with van der Waals surface area (Å²) >= 11 is 6.55. The van der Waals surface area contributed by atoms with Crippen molar-refractivity contribution in [1.82, 2.24) is 4.90 Å². The number of anilines is 1. The Morgan fingerprint density at radius 3 is 2.62 bits per heavy atom. The maximum atomic E-state index is 12.4. The number of amides is 1. The highest BCUT2D eigenvalue weighted by atomic mass is 35.5. The first-order valence-electron chi connectivity index (χ1n) is 12.3. The first kappa shape index (κ1) is 25.8. The van der Waals surface area contributed by atoms with Crippen LogP contribution in [0.2, 0.25) is 5.02 Å². The number of hydrogen-bond acceptors (Lipinski definition) is 4. The standard InChI is InChI=1S/C26H29ClN2O3.C2H6/c1-4-17-6-9-19(14-24(17)32-5-2)23(12-13-30)29-15-20-21(27)10-11-22(25(20)16(29)3)28-26(31)18-7-8-18;1-2/h6,9-11,13-14,18,23H,3-5,7-8,12,15H2,1-2H3,(H,28,31);1-2H3. The maximum absolute atomic E-state index is 12.4. The van der Waals surface area contributed by atoms with Crippen LogP contribution in [0.3, 0.4) is 0 Å². The molecule has 4 rings (SSSR count). The topological polar surface area (TPSA) is 58.6 Å². The maximum Gasteiger partial charge on any atom is 0.227 e. The predicted molar refractivity (Wildman–Crippen MR) is 139 cm³/mol. The first-order valence-corrected chi connectivity index (χ1v) is 12.6. The highest BCUT2D eigenvalue weighted by Gasteiger charge is 2.35. The summed E-state index contributed by atoms with van der Waals surface area (Å²) in [6, 6.07) is 9.61. The number of aldehydes is 1. The quantitative estimate of drug-likeness (QED) is 0.399. The normalized spacial score (nSPS) is 15.2. The lowest BCUT2D eigenvalue weighted by atomic mass is 9.99. The molecule has 0 aromatic heterocycles. The molecule has 1 saturated carbocycles. The number of fused-ring (bicyclic) bond motifs is 1. The Labute approximate surface area is 208 Å². The number of rotatable bonds is 9. The van der Waals surface area contributed by atoms with E-state index >= 15 is 0 Å². The zero-order valence-corrected chi connectivity index (χ0v) is 21.4. The third kappa shape index (κ3) is 5.30. The molecule has 1 amide bonds. The molecule has 0 bridgehead atoms. The number of nitrogens with one attached hydrogen (secondary N) is 1. The lowest BCUT2D eigenvalue weighted by Crippen LogP contribution is -2.23. The van der Waals surface area contributed by atoms with E-state index in [2.05, 4.69) is 35.9 Å². The molecule has 0 radical (unpaired) electrons. The Bertz CT molecular complexity index is 1060. The van der Waals surface area contributed by atoms with Gasteiger partial charge in [-0.1, -0.05) is 51.1 Å². The van der Waals surface area contributed by atoms with Gasteiger partial charge >= 0.3 is 0 Å². The minimum absolute atomic E-state index is 0.0433. The SMILES string of the molecule is C=C1c2c(NC(=O)C3CC3)ccc(Cl)c2CN1C(CC=O)c1ccc(CC)c(OCC)c1.CC. The van der Waals surface area contributed by atoms with Crippen LogP contribution in [0.25, 0.3) is 5.70 Å². The van der Waals surface area contributed by atoms with Crippen LogP contribution in [-0.2, 0) is 22.6 Å². The van der Waals surface area contributed by atoms with Gasteiger partial charge in [0, 0.05) is 40.7 Å². The summed E-state index contributed by atoms with van der Waals surface area (Å²) in [5.74, 6) is 0.992. The summed E-state index contributed by atoms with van der Waals surface area (Å²) in [5.41, 5.74) is 5.41. The van der Waals surface area contributed by atoms with Gasteiger partial charge in [-0.2, -0.15) is 0 Å². The van der Waals surface area contributed by atoms with Crippen LogP contribution in [0, 0.1) is 5.92 Å². The van der Waals surface area contributed by atoms with Gasteiger partial charge in [0.2, 0.25) is 5.91 Å². The number of nitrogens with zero attached hydrogens (tertiary/aromatic N) is 1. The molecule has 1 fully saturated rings. The average molecular weight is 483 g/mol. The second-order valence-electron chi connectivity index (χ2n) is 8.36. The van der Waals surface area contributed by atoms with Crippen molar-refractivity contribution in [3.63, 3.8) is 0 Å². The second kappa shape index (κ2) is 11.6. The van der Waals surface area contributed by atoms with Crippen molar-refractivity contribution in [2.75, 3.05) is 11.9 Å². The van der Waals surface area contributed by atoms with E-state index in [1.165, 1.54) is 0 Å². The third-order valence-electron chi connectivity index (χ3n) is 6.28. The molecule has 2 aromatic carbocycles. The fourth-order valence-corrected chi connectivity index (χ4v) is 4.61. The first-order chi connectivity index (χ1) is 16.5. The highest BCUT2D eigenvalue weighted by molar-refractivity contribution is 6.32. The number of carbonyl (C=O) groups excluding carboxylic acids is 2. The summed E-state index contributed by atoms with van der Waals surface area (Å²) in [6.45, 7) is 13.5. The van der Waals surface area contributed by atoms with Crippen molar-refractivity contribution >= 4 is 35.2 Å². The molecule has 34 heavy (non-hydrogen) atoms. The number of ether oxygens (including phenoxy) is 1. The summed E-state index contributed by atoms with van der Waals surface area (Å²) < 4.78 is 5.86. The molecule has 182 valence electrons. The molecule has 1 N–H and O–H groups in total. The van der Waals surface area contributed by atoms with Gasteiger partial charge in [-0.05, 0) is 55.5 Å². The zero-order chi connectivity index (χ0) is 24.8. The average Bonchev–Trinajstić information content (AvgIpc) is 3.64. The summed E-state index contributed by atoms with van der Waals surface area (Å²) in [5, 5.41) is 3.69. The lowest BCUT2D eigenvalue weighted by Gasteiger charge is -2.30. The predicted octanol–water partition coefficient (Wildman–Crippen LogP) is 6.79.